The molecule has 2 atom stereocenters. The first-order valence-electron chi connectivity index (χ1n) is 8.96. The number of benzene rings is 1. The SMILES string of the molecule is CCc1ccc(C(C)(C)C(=O)N2C[C@H](C(=O)O)[C@@H](C3CC3)C2)cc1. The van der Waals surface area contributed by atoms with E-state index in [9.17, 15) is 14.7 Å². The first-order chi connectivity index (χ1) is 11.3. The minimum atomic E-state index is -0.757. The van der Waals surface area contributed by atoms with Gasteiger partial charge in [0.2, 0.25) is 5.91 Å². The third-order valence-corrected chi connectivity index (χ3v) is 5.82. The van der Waals surface area contributed by atoms with Gasteiger partial charge in [-0.05, 0) is 56.1 Å². The molecule has 1 heterocycles. The Labute approximate surface area is 143 Å². The predicted octanol–water partition coefficient (Wildman–Crippen LogP) is 3.10. The van der Waals surface area contributed by atoms with Crippen LogP contribution in [-0.4, -0.2) is 35.0 Å². The normalized spacial score (nSPS) is 24.2. The van der Waals surface area contributed by atoms with Gasteiger partial charge in [0.1, 0.15) is 0 Å². The fourth-order valence-corrected chi connectivity index (χ4v) is 3.93. The molecular weight excluding hydrogens is 302 g/mol. The number of hydrogen-bond acceptors (Lipinski definition) is 2. The van der Waals surface area contributed by atoms with Crippen molar-refractivity contribution >= 4 is 11.9 Å². The standard InChI is InChI=1S/C20H27NO3/c1-4-13-5-9-15(10-6-13)20(2,3)19(24)21-11-16(14-7-8-14)17(12-21)18(22)23/h5-6,9-10,14,16-17H,4,7-8,11-12H2,1-3H3,(H,22,23)/t16-,17+/m1/s1. The molecule has 1 saturated heterocycles. The molecule has 2 aliphatic rings. The zero-order chi connectivity index (χ0) is 17.5. The first kappa shape index (κ1) is 17.0. The van der Waals surface area contributed by atoms with Gasteiger partial charge in [0.15, 0.2) is 0 Å². The van der Waals surface area contributed by atoms with E-state index in [2.05, 4.69) is 19.1 Å². The second-order valence-electron chi connectivity index (χ2n) is 7.83. The Balaban J connectivity index is 1.78. The molecule has 4 nitrogen and oxygen atoms in total. The summed E-state index contributed by atoms with van der Waals surface area (Å²) < 4.78 is 0. The van der Waals surface area contributed by atoms with Gasteiger partial charge in [0.05, 0.1) is 11.3 Å². The minimum Gasteiger partial charge on any atom is -0.481 e. The maximum atomic E-state index is 13.1. The van der Waals surface area contributed by atoms with Crippen LogP contribution in [0.1, 0.15) is 44.7 Å². The number of nitrogens with zero attached hydrogens (tertiary/aromatic N) is 1. The molecule has 1 saturated carbocycles. The second kappa shape index (κ2) is 6.23. The monoisotopic (exact) mass is 329 g/mol. The Kier molecular flexibility index (Phi) is 4.41. The van der Waals surface area contributed by atoms with Crippen molar-refractivity contribution in [1.82, 2.24) is 4.90 Å². The van der Waals surface area contributed by atoms with Gasteiger partial charge in [-0.1, -0.05) is 31.2 Å². The molecule has 0 radical (unpaired) electrons. The molecule has 0 unspecified atom stereocenters. The van der Waals surface area contributed by atoms with Crippen LogP contribution in [0.25, 0.3) is 0 Å². The van der Waals surface area contributed by atoms with Gasteiger partial charge in [0.25, 0.3) is 0 Å². The number of carboxylic acids is 1. The third kappa shape index (κ3) is 3.06. The first-order valence-corrected chi connectivity index (χ1v) is 8.96. The summed E-state index contributed by atoms with van der Waals surface area (Å²) in [6.45, 7) is 6.94. The zero-order valence-corrected chi connectivity index (χ0v) is 14.8. The molecule has 0 aromatic heterocycles. The van der Waals surface area contributed by atoms with Crippen molar-refractivity contribution in [3.05, 3.63) is 35.4 Å². The summed E-state index contributed by atoms with van der Waals surface area (Å²) >= 11 is 0. The van der Waals surface area contributed by atoms with E-state index in [4.69, 9.17) is 0 Å². The lowest BCUT2D eigenvalue weighted by atomic mass is 9.82. The van der Waals surface area contributed by atoms with Gasteiger partial charge in [0, 0.05) is 13.1 Å². The number of hydrogen-bond donors (Lipinski definition) is 1. The maximum Gasteiger partial charge on any atom is 0.308 e. The lowest BCUT2D eigenvalue weighted by molar-refractivity contribution is -0.143. The van der Waals surface area contributed by atoms with E-state index in [-0.39, 0.29) is 11.8 Å². The van der Waals surface area contributed by atoms with Gasteiger partial charge >= 0.3 is 5.97 Å². The summed E-state index contributed by atoms with van der Waals surface area (Å²) in [6, 6.07) is 8.20. The number of aryl methyl sites for hydroxylation is 1. The zero-order valence-electron chi connectivity index (χ0n) is 14.8. The number of rotatable bonds is 5. The smallest absolute Gasteiger partial charge is 0.308 e. The van der Waals surface area contributed by atoms with E-state index >= 15 is 0 Å². The molecule has 0 spiro atoms. The second-order valence-corrected chi connectivity index (χ2v) is 7.83. The topological polar surface area (TPSA) is 57.6 Å². The highest BCUT2D eigenvalue weighted by molar-refractivity contribution is 5.88. The summed E-state index contributed by atoms with van der Waals surface area (Å²) in [5.74, 6) is -0.492. The van der Waals surface area contributed by atoms with Crippen molar-refractivity contribution in [3.8, 4) is 0 Å². The lowest BCUT2D eigenvalue weighted by Crippen LogP contribution is -2.42. The summed E-state index contributed by atoms with van der Waals surface area (Å²) in [4.78, 5) is 26.5. The van der Waals surface area contributed by atoms with Crippen molar-refractivity contribution < 1.29 is 14.7 Å². The van der Waals surface area contributed by atoms with Crippen molar-refractivity contribution in [2.75, 3.05) is 13.1 Å². The fourth-order valence-electron chi connectivity index (χ4n) is 3.93. The molecule has 1 aliphatic heterocycles. The molecule has 0 bridgehead atoms. The van der Waals surface area contributed by atoms with Crippen LogP contribution >= 0.6 is 0 Å². The Morgan fingerprint density at radius 3 is 2.29 bits per heavy atom. The highest BCUT2D eigenvalue weighted by Crippen LogP contribution is 2.44. The molecular formula is C20H27NO3. The van der Waals surface area contributed by atoms with E-state index in [0.29, 0.717) is 19.0 Å². The number of carbonyl (C=O) groups is 2. The van der Waals surface area contributed by atoms with E-state index in [1.54, 1.807) is 4.90 Å². The average molecular weight is 329 g/mol. The Morgan fingerprint density at radius 1 is 1.17 bits per heavy atom. The maximum absolute atomic E-state index is 13.1. The van der Waals surface area contributed by atoms with E-state index in [1.165, 1.54) is 5.56 Å². The van der Waals surface area contributed by atoms with Crippen LogP contribution < -0.4 is 0 Å². The molecule has 1 aromatic carbocycles. The van der Waals surface area contributed by atoms with Gasteiger partial charge in [-0.15, -0.1) is 0 Å². The molecule has 130 valence electrons. The molecule has 1 amide bonds. The number of carbonyl (C=O) groups excluding carboxylic acids is 1. The number of likely N-dealkylation sites (tertiary alicyclic amines) is 1. The summed E-state index contributed by atoms with van der Waals surface area (Å²) in [6.07, 6.45) is 3.20. The Morgan fingerprint density at radius 2 is 1.79 bits per heavy atom. The minimum absolute atomic E-state index is 0.0427. The molecule has 1 aromatic rings. The molecule has 2 fully saturated rings. The van der Waals surface area contributed by atoms with Crippen LogP contribution in [0.2, 0.25) is 0 Å². The van der Waals surface area contributed by atoms with Gasteiger partial charge in [-0.25, -0.2) is 0 Å². The Bertz CT molecular complexity index is 631. The van der Waals surface area contributed by atoms with Crippen molar-refractivity contribution in [3.63, 3.8) is 0 Å². The van der Waals surface area contributed by atoms with Crippen LogP contribution in [0.3, 0.4) is 0 Å². The van der Waals surface area contributed by atoms with Crippen LogP contribution in [-0.2, 0) is 21.4 Å². The van der Waals surface area contributed by atoms with Crippen LogP contribution in [0.15, 0.2) is 24.3 Å². The summed E-state index contributed by atoms with van der Waals surface area (Å²) in [5, 5.41) is 9.50. The highest BCUT2D eigenvalue weighted by atomic mass is 16.4. The van der Waals surface area contributed by atoms with Crippen LogP contribution in [0, 0.1) is 17.8 Å². The quantitative estimate of drug-likeness (QED) is 0.903. The van der Waals surface area contributed by atoms with E-state index < -0.39 is 17.3 Å². The van der Waals surface area contributed by atoms with Crippen LogP contribution in [0.5, 0.6) is 0 Å². The van der Waals surface area contributed by atoms with Crippen molar-refractivity contribution in [2.24, 2.45) is 17.8 Å². The number of carboxylic acid groups (broad SMARTS) is 1. The summed E-state index contributed by atoms with van der Waals surface area (Å²) in [7, 11) is 0. The van der Waals surface area contributed by atoms with Gasteiger partial charge in [-0.2, -0.15) is 0 Å². The highest BCUT2D eigenvalue weighted by Gasteiger charge is 2.48. The molecule has 1 N–H and O–H groups in total. The third-order valence-electron chi connectivity index (χ3n) is 5.82. The van der Waals surface area contributed by atoms with E-state index in [0.717, 1.165) is 24.8 Å². The van der Waals surface area contributed by atoms with Crippen molar-refractivity contribution in [1.29, 1.82) is 0 Å². The predicted molar refractivity (Wildman–Crippen MR) is 92.8 cm³/mol. The Hall–Kier alpha value is -1.84. The lowest BCUT2D eigenvalue weighted by Gasteiger charge is -2.30. The molecule has 1 aliphatic carbocycles. The largest absolute Gasteiger partial charge is 0.481 e. The fraction of sp³-hybridized carbons (Fsp3) is 0.600. The molecule has 4 heteroatoms. The molecule has 24 heavy (non-hydrogen) atoms. The number of amides is 1. The number of aliphatic carboxylic acids is 1. The molecule has 3 rings (SSSR count). The van der Waals surface area contributed by atoms with Crippen LogP contribution in [0.4, 0.5) is 0 Å². The van der Waals surface area contributed by atoms with Crippen molar-refractivity contribution in [2.45, 2.75) is 45.4 Å². The van der Waals surface area contributed by atoms with Gasteiger partial charge < -0.3 is 10.0 Å². The average Bonchev–Trinajstić information content (AvgIpc) is 3.32. The van der Waals surface area contributed by atoms with Gasteiger partial charge in [-0.3, -0.25) is 9.59 Å². The summed E-state index contributed by atoms with van der Waals surface area (Å²) in [5.41, 5.74) is 1.61. The van der Waals surface area contributed by atoms with E-state index in [1.807, 2.05) is 26.0 Å².